The van der Waals surface area contributed by atoms with Gasteiger partial charge in [-0.3, -0.25) is 9.59 Å². The zero-order chi connectivity index (χ0) is 20.3. The Kier molecular flexibility index (Phi) is 5.71. The number of amides is 2. The first kappa shape index (κ1) is 19.9. The quantitative estimate of drug-likeness (QED) is 0.802. The Bertz CT molecular complexity index is 963. The van der Waals surface area contributed by atoms with E-state index in [0.29, 0.717) is 5.75 Å². The van der Waals surface area contributed by atoms with Crippen molar-refractivity contribution >= 4 is 27.5 Å². The number of benzene rings is 1. The molecule has 1 N–H and O–H groups in total. The number of hydrogen-bond donors (Lipinski definition) is 1. The highest BCUT2D eigenvalue weighted by Crippen LogP contribution is 2.29. The van der Waals surface area contributed by atoms with E-state index in [1.54, 1.807) is 17.0 Å². The molecule has 1 saturated heterocycles. The summed E-state index contributed by atoms with van der Waals surface area (Å²) in [6.07, 6.45) is 1.42. The summed E-state index contributed by atoms with van der Waals surface area (Å²) >= 11 is 0. The monoisotopic (exact) mass is 407 g/mol. The predicted molar refractivity (Wildman–Crippen MR) is 101 cm³/mol. The first-order valence-corrected chi connectivity index (χ1v) is 10.1. The van der Waals surface area contributed by atoms with Crippen molar-refractivity contribution in [1.29, 1.82) is 0 Å². The number of nitrogens with zero attached hydrogens (tertiary/aromatic N) is 2. The Labute approximate surface area is 162 Å². The van der Waals surface area contributed by atoms with Crippen LogP contribution in [0.25, 0.3) is 0 Å². The van der Waals surface area contributed by atoms with Gasteiger partial charge in [-0.05, 0) is 30.3 Å². The molecule has 1 aromatic heterocycles. The largest absolute Gasteiger partial charge is 0.495 e. The summed E-state index contributed by atoms with van der Waals surface area (Å²) in [4.78, 5) is 25.3. The minimum absolute atomic E-state index is 0.0443. The molecule has 0 atom stereocenters. The Balaban J connectivity index is 1.75. The number of carbonyl (C=O) groups excluding carboxylic acids is 2. The second-order valence-corrected chi connectivity index (χ2v) is 8.15. The molecular weight excluding hydrogens is 386 g/mol. The zero-order valence-electron chi connectivity index (χ0n) is 15.5. The molecule has 0 saturated carbocycles. The van der Waals surface area contributed by atoms with Gasteiger partial charge in [0.2, 0.25) is 15.9 Å². The van der Waals surface area contributed by atoms with Crippen LogP contribution in [0.5, 0.6) is 5.75 Å². The Morgan fingerprint density at radius 1 is 1.14 bits per heavy atom. The fraction of sp³-hybridized carbons (Fsp3) is 0.333. The maximum absolute atomic E-state index is 13.0. The van der Waals surface area contributed by atoms with E-state index in [-0.39, 0.29) is 54.3 Å². The van der Waals surface area contributed by atoms with E-state index >= 15 is 0 Å². The third kappa shape index (κ3) is 4.02. The molecule has 0 aliphatic carbocycles. The van der Waals surface area contributed by atoms with Gasteiger partial charge in [-0.25, -0.2) is 8.42 Å². The fourth-order valence-corrected chi connectivity index (χ4v) is 4.42. The average molecular weight is 407 g/mol. The number of furan rings is 1. The van der Waals surface area contributed by atoms with Crippen molar-refractivity contribution in [2.75, 3.05) is 38.6 Å². The highest BCUT2D eigenvalue weighted by Gasteiger charge is 2.31. The maximum atomic E-state index is 13.0. The molecule has 150 valence electrons. The molecule has 2 amide bonds. The van der Waals surface area contributed by atoms with Crippen molar-refractivity contribution in [1.82, 2.24) is 9.21 Å². The molecule has 0 radical (unpaired) electrons. The lowest BCUT2D eigenvalue weighted by Crippen LogP contribution is -2.50. The van der Waals surface area contributed by atoms with Crippen molar-refractivity contribution in [3.63, 3.8) is 0 Å². The summed E-state index contributed by atoms with van der Waals surface area (Å²) in [6, 6.07) is 7.50. The molecule has 1 fully saturated rings. The van der Waals surface area contributed by atoms with E-state index in [4.69, 9.17) is 9.15 Å². The smallest absolute Gasteiger partial charge is 0.289 e. The van der Waals surface area contributed by atoms with E-state index in [9.17, 15) is 18.0 Å². The molecule has 10 heteroatoms. The first-order valence-electron chi connectivity index (χ1n) is 8.61. The van der Waals surface area contributed by atoms with Crippen LogP contribution in [0, 0.1) is 0 Å². The van der Waals surface area contributed by atoms with Gasteiger partial charge in [0.05, 0.1) is 24.0 Å². The molecule has 9 nitrogen and oxygen atoms in total. The summed E-state index contributed by atoms with van der Waals surface area (Å²) in [7, 11) is -2.35. The number of anilines is 1. The van der Waals surface area contributed by atoms with Crippen molar-refractivity contribution < 1.29 is 27.2 Å². The van der Waals surface area contributed by atoms with E-state index in [0.717, 1.165) is 0 Å². The summed E-state index contributed by atoms with van der Waals surface area (Å²) in [6.45, 7) is 2.17. The van der Waals surface area contributed by atoms with Crippen LogP contribution in [0.1, 0.15) is 17.5 Å². The Hall–Kier alpha value is -2.85. The lowest BCUT2D eigenvalue weighted by molar-refractivity contribution is -0.114. The zero-order valence-corrected chi connectivity index (χ0v) is 16.4. The first-order chi connectivity index (χ1) is 13.3. The molecule has 3 rings (SSSR count). The van der Waals surface area contributed by atoms with Crippen LogP contribution in [0.15, 0.2) is 45.9 Å². The molecule has 1 aliphatic heterocycles. The van der Waals surface area contributed by atoms with Gasteiger partial charge in [0.25, 0.3) is 5.91 Å². The standard InChI is InChI=1S/C18H21N3O6S/c1-13(22)19-15-12-14(5-6-16(15)26-2)28(24,25)21-9-7-20(8-10-21)18(23)17-4-3-11-27-17/h3-6,11-12H,7-10H2,1-2H3,(H,19,22). The normalized spacial score (nSPS) is 15.3. The molecule has 0 unspecified atom stereocenters. The van der Waals surface area contributed by atoms with Crippen LogP contribution in [0.4, 0.5) is 5.69 Å². The number of carbonyl (C=O) groups is 2. The minimum atomic E-state index is -3.78. The number of rotatable bonds is 5. The Morgan fingerprint density at radius 3 is 2.43 bits per heavy atom. The molecule has 1 aliphatic rings. The van der Waals surface area contributed by atoms with E-state index in [2.05, 4.69) is 5.32 Å². The number of sulfonamides is 1. The maximum Gasteiger partial charge on any atom is 0.289 e. The second-order valence-electron chi connectivity index (χ2n) is 6.22. The molecule has 0 bridgehead atoms. The van der Waals surface area contributed by atoms with Crippen molar-refractivity contribution in [2.24, 2.45) is 0 Å². The summed E-state index contributed by atoms with van der Waals surface area (Å²) in [5.74, 6) is -0.00762. The van der Waals surface area contributed by atoms with E-state index in [1.165, 1.54) is 42.8 Å². The molecular formula is C18H21N3O6S. The lowest BCUT2D eigenvalue weighted by Gasteiger charge is -2.33. The molecule has 2 heterocycles. The third-order valence-corrected chi connectivity index (χ3v) is 6.27. The van der Waals surface area contributed by atoms with Gasteiger partial charge in [0.1, 0.15) is 5.75 Å². The lowest BCUT2D eigenvalue weighted by atomic mass is 10.3. The summed E-state index contributed by atoms with van der Waals surface area (Å²) in [5, 5.41) is 2.57. The SMILES string of the molecule is COc1ccc(S(=O)(=O)N2CCN(C(=O)c3ccco3)CC2)cc1NC(C)=O. The average Bonchev–Trinajstić information content (AvgIpc) is 3.22. The van der Waals surface area contributed by atoms with Crippen LogP contribution >= 0.6 is 0 Å². The molecule has 1 aromatic carbocycles. The van der Waals surface area contributed by atoms with Gasteiger partial charge in [-0.15, -0.1) is 0 Å². The van der Waals surface area contributed by atoms with Gasteiger partial charge >= 0.3 is 0 Å². The van der Waals surface area contributed by atoms with Crippen LogP contribution in [-0.2, 0) is 14.8 Å². The summed E-state index contributed by atoms with van der Waals surface area (Å²) in [5.41, 5.74) is 0.280. The highest BCUT2D eigenvalue weighted by molar-refractivity contribution is 7.89. The van der Waals surface area contributed by atoms with Gasteiger partial charge < -0.3 is 19.4 Å². The van der Waals surface area contributed by atoms with Gasteiger partial charge in [0.15, 0.2) is 5.76 Å². The van der Waals surface area contributed by atoms with Crippen molar-refractivity contribution in [2.45, 2.75) is 11.8 Å². The van der Waals surface area contributed by atoms with Crippen LogP contribution in [-0.4, -0.2) is 62.7 Å². The number of methoxy groups -OCH3 is 1. The molecule has 28 heavy (non-hydrogen) atoms. The van der Waals surface area contributed by atoms with Crippen LogP contribution in [0.3, 0.4) is 0 Å². The van der Waals surface area contributed by atoms with Crippen molar-refractivity contribution in [3.8, 4) is 5.75 Å². The summed E-state index contributed by atoms with van der Waals surface area (Å²) < 4.78 is 37.5. The molecule has 0 spiro atoms. The van der Waals surface area contributed by atoms with Gasteiger partial charge in [-0.1, -0.05) is 0 Å². The topological polar surface area (TPSA) is 109 Å². The van der Waals surface area contributed by atoms with E-state index in [1.807, 2.05) is 0 Å². The Morgan fingerprint density at radius 2 is 1.86 bits per heavy atom. The number of hydrogen-bond acceptors (Lipinski definition) is 6. The number of piperazine rings is 1. The van der Waals surface area contributed by atoms with Gasteiger partial charge in [0, 0.05) is 33.1 Å². The van der Waals surface area contributed by atoms with Gasteiger partial charge in [-0.2, -0.15) is 4.31 Å². The number of ether oxygens (including phenoxy) is 1. The third-order valence-electron chi connectivity index (χ3n) is 4.38. The second kappa shape index (κ2) is 8.03. The van der Waals surface area contributed by atoms with Crippen LogP contribution in [0.2, 0.25) is 0 Å². The van der Waals surface area contributed by atoms with Crippen molar-refractivity contribution in [3.05, 3.63) is 42.4 Å². The fourth-order valence-electron chi connectivity index (χ4n) is 2.97. The minimum Gasteiger partial charge on any atom is -0.495 e. The molecule has 2 aromatic rings. The van der Waals surface area contributed by atoms with Crippen LogP contribution < -0.4 is 10.1 Å². The van der Waals surface area contributed by atoms with E-state index < -0.39 is 10.0 Å². The number of nitrogens with one attached hydrogen (secondary N) is 1. The highest BCUT2D eigenvalue weighted by atomic mass is 32.2. The predicted octanol–water partition coefficient (Wildman–Crippen LogP) is 1.39.